The van der Waals surface area contributed by atoms with E-state index in [1.807, 2.05) is 42.5 Å². The summed E-state index contributed by atoms with van der Waals surface area (Å²) in [6, 6.07) is 14.0. The van der Waals surface area contributed by atoms with Gasteiger partial charge in [0.2, 0.25) is 0 Å². The Bertz CT molecular complexity index is 579. The van der Waals surface area contributed by atoms with Crippen LogP contribution in [0.4, 0.5) is 5.69 Å². The Morgan fingerprint density at radius 2 is 1.90 bits per heavy atom. The molecule has 0 spiro atoms. The minimum atomic E-state index is 0.539. The first kappa shape index (κ1) is 14.1. The largest absolute Gasteiger partial charge is 0.489 e. The van der Waals surface area contributed by atoms with E-state index in [2.05, 4.69) is 18.6 Å². The second-order valence-electron chi connectivity index (χ2n) is 4.62. The van der Waals surface area contributed by atoms with Gasteiger partial charge in [-0.1, -0.05) is 43.3 Å². The summed E-state index contributed by atoms with van der Waals surface area (Å²) in [7, 11) is 0. The van der Waals surface area contributed by atoms with Gasteiger partial charge in [-0.15, -0.1) is 0 Å². The van der Waals surface area contributed by atoms with Gasteiger partial charge in [-0.2, -0.15) is 0 Å². The van der Waals surface area contributed by atoms with Gasteiger partial charge in [0.15, 0.2) is 0 Å². The lowest BCUT2D eigenvalue weighted by atomic mass is 10.0. The maximum atomic E-state index is 6.18. The summed E-state index contributed by atoms with van der Waals surface area (Å²) < 4.78 is 5.90. The van der Waals surface area contributed by atoms with Gasteiger partial charge >= 0.3 is 0 Å². The molecule has 3 nitrogen and oxygen atoms in total. The van der Waals surface area contributed by atoms with Gasteiger partial charge in [-0.25, -0.2) is 0 Å². The van der Waals surface area contributed by atoms with Gasteiger partial charge < -0.3 is 10.5 Å². The molecule has 0 aliphatic carbocycles. The number of nitrogens with zero attached hydrogens (tertiary/aromatic N) is 1. The Hall–Kier alpha value is -2.29. The fourth-order valence-electron chi connectivity index (χ4n) is 2.19. The molecule has 20 heavy (non-hydrogen) atoms. The van der Waals surface area contributed by atoms with Crippen molar-refractivity contribution in [3.05, 3.63) is 59.2 Å². The minimum Gasteiger partial charge on any atom is -0.489 e. The van der Waals surface area contributed by atoms with E-state index < -0.39 is 0 Å². The van der Waals surface area contributed by atoms with Crippen LogP contribution < -0.4 is 10.5 Å². The van der Waals surface area contributed by atoms with Crippen molar-refractivity contribution < 1.29 is 4.74 Å². The van der Waals surface area contributed by atoms with Crippen LogP contribution in [0.1, 0.15) is 23.6 Å². The number of nitrogen functional groups attached to an aromatic ring is 1. The predicted octanol–water partition coefficient (Wildman–Crippen LogP) is 3.61. The molecule has 0 unspecified atom stereocenters. The zero-order valence-electron chi connectivity index (χ0n) is 11.8. The lowest BCUT2D eigenvalue weighted by molar-refractivity contribution is 0.303. The molecule has 2 N–H and O–H groups in total. The molecule has 0 heterocycles. The molecule has 3 heteroatoms. The van der Waals surface area contributed by atoms with E-state index in [1.54, 1.807) is 0 Å². The fourth-order valence-corrected chi connectivity index (χ4v) is 2.19. The molecule has 2 rings (SSSR count). The normalized spacial score (nSPS) is 10.2. The minimum absolute atomic E-state index is 0.539. The van der Waals surface area contributed by atoms with Crippen LogP contribution in [0.5, 0.6) is 5.75 Å². The van der Waals surface area contributed by atoms with E-state index in [1.165, 1.54) is 0 Å². The van der Waals surface area contributed by atoms with Crippen molar-refractivity contribution in [2.24, 2.45) is 4.99 Å². The van der Waals surface area contributed by atoms with E-state index in [9.17, 15) is 0 Å². The summed E-state index contributed by atoms with van der Waals surface area (Å²) in [5.41, 5.74) is 10.1. The van der Waals surface area contributed by atoms with Gasteiger partial charge in [0.25, 0.3) is 0 Å². The second-order valence-corrected chi connectivity index (χ2v) is 4.62. The zero-order chi connectivity index (χ0) is 14.4. The van der Waals surface area contributed by atoms with Crippen molar-refractivity contribution in [3.8, 4) is 5.75 Å². The summed E-state index contributed by atoms with van der Waals surface area (Å²) in [5.74, 6) is 0.849. The number of nitrogens with two attached hydrogens (primary N) is 1. The van der Waals surface area contributed by atoms with Gasteiger partial charge in [0.1, 0.15) is 12.4 Å². The molecule has 104 valence electrons. The highest BCUT2D eigenvalue weighted by atomic mass is 16.5. The standard InChI is InChI=1S/C17H20N2O/c1-3-15-16(10-9-14(11-19-2)17(15)18)20-12-13-7-5-4-6-8-13/h4-10H,2-3,11-12,18H2,1H3. The Kier molecular flexibility index (Phi) is 4.77. The summed E-state index contributed by atoms with van der Waals surface area (Å²) >= 11 is 0. The molecule has 2 aromatic rings. The highest BCUT2D eigenvalue weighted by Gasteiger charge is 2.10. The molecule has 0 amide bonds. The highest BCUT2D eigenvalue weighted by Crippen LogP contribution is 2.29. The van der Waals surface area contributed by atoms with Gasteiger partial charge in [-0.3, -0.25) is 4.99 Å². The molecule has 0 aliphatic heterocycles. The van der Waals surface area contributed by atoms with Crippen LogP contribution in [0.2, 0.25) is 0 Å². The fraction of sp³-hybridized carbons (Fsp3) is 0.235. The van der Waals surface area contributed by atoms with Gasteiger partial charge in [0, 0.05) is 11.3 Å². The Labute approximate surface area is 120 Å². The molecular formula is C17H20N2O. The second kappa shape index (κ2) is 6.75. The van der Waals surface area contributed by atoms with Crippen molar-refractivity contribution in [2.45, 2.75) is 26.5 Å². The molecule has 0 aromatic heterocycles. The molecule has 2 aromatic carbocycles. The Morgan fingerprint density at radius 1 is 1.15 bits per heavy atom. The number of benzene rings is 2. The third-order valence-corrected chi connectivity index (χ3v) is 3.28. The van der Waals surface area contributed by atoms with E-state index >= 15 is 0 Å². The summed E-state index contributed by atoms with van der Waals surface area (Å²) in [5, 5.41) is 0. The predicted molar refractivity (Wildman–Crippen MR) is 84.3 cm³/mol. The lowest BCUT2D eigenvalue weighted by Crippen LogP contribution is -2.04. The topological polar surface area (TPSA) is 47.6 Å². The quantitative estimate of drug-likeness (QED) is 0.642. The van der Waals surface area contributed by atoms with Crippen LogP contribution in [-0.2, 0) is 19.6 Å². The van der Waals surface area contributed by atoms with Crippen molar-refractivity contribution in [1.82, 2.24) is 0 Å². The maximum absolute atomic E-state index is 6.18. The molecule has 0 atom stereocenters. The first-order chi connectivity index (χ1) is 9.76. The zero-order valence-corrected chi connectivity index (χ0v) is 11.8. The molecule has 0 saturated heterocycles. The monoisotopic (exact) mass is 268 g/mol. The highest BCUT2D eigenvalue weighted by molar-refractivity contribution is 5.60. The van der Waals surface area contributed by atoms with Gasteiger partial charge in [0.05, 0.1) is 6.54 Å². The first-order valence-electron chi connectivity index (χ1n) is 6.75. The number of anilines is 1. The number of rotatable bonds is 6. The first-order valence-corrected chi connectivity index (χ1v) is 6.75. The third-order valence-electron chi connectivity index (χ3n) is 3.28. The van der Waals surface area contributed by atoms with Crippen molar-refractivity contribution in [3.63, 3.8) is 0 Å². The number of aliphatic imine (C=N–C) groups is 1. The van der Waals surface area contributed by atoms with Crippen molar-refractivity contribution in [1.29, 1.82) is 0 Å². The molecule has 0 fully saturated rings. The summed E-state index contributed by atoms with van der Waals surface area (Å²) in [6.07, 6.45) is 0.834. The van der Waals surface area contributed by atoms with Crippen molar-refractivity contribution >= 4 is 12.4 Å². The smallest absolute Gasteiger partial charge is 0.125 e. The molecule has 0 aliphatic rings. The molecule has 0 radical (unpaired) electrons. The van der Waals surface area contributed by atoms with Crippen LogP contribution in [0.3, 0.4) is 0 Å². The Morgan fingerprint density at radius 3 is 2.55 bits per heavy atom. The average molecular weight is 268 g/mol. The summed E-state index contributed by atoms with van der Waals surface area (Å²) in [6.45, 7) is 6.68. The van der Waals surface area contributed by atoms with E-state index in [0.717, 1.165) is 34.5 Å². The van der Waals surface area contributed by atoms with E-state index in [0.29, 0.717) is 13.2 Å². The SMILES string of the molecule is C=NCc1ccc(OCc2ccccc2)c(CC)c1N. The lowest BCUT2D eigenvalue weighted by Gasteiger charge is -2.15. The average Bonchev–Trinajstić information content (AvgIpc) is 2.49. The number of hydrogen-bond acceptors (Lipinski definition) is 3. The van der Waals surface area contributed by atoms with E-state index in [-0.39, 0.29) is 0 Å². The van der Waals surface area contributed by atoms with Crippen LogP contribution >= 0.6 is 0 Å². The molecule has 0 bridgehead atoms. The van der Waals surface area contributed by atoms with E-state index in [4.69, 9.17) is 10.5 Å². The molecule has 0 saturated carbocycles. The third kappa shape index (κ3) is 3.18. The van der Waals surface area contributed by atoms with Crippen molar-refractivity contribution in [2.75, 3.05) is 5.73 Å². The van der Waals surface area contributed by atoms with Crippen LogP contribution in [0.15, 0.2) is 47.5 Å². The van der Waals surface area contributed by atoms with Crippen LogP contribution in [0, 0.1) is 0 Å². The van der Waals surface area contributed by atoms with Gasteiger partial charge in [-0.05, 0) is 30.3 Å². The number of ether oxygens (including phenoxy) is 1. The summed E-state index contributed by atoms with van der Waals surface area (Å²) in [4.78, 5) is 3.89. The van der Waals surface area contributed by atoms with Crippen LogP contribution in [0.25, 0.3) is 0 Å². The van der Waals surface area contributed by atoms with Crippen LogP contribution in [-0.4, -0.2) is 6.72 Å². The Balaban J connectivity index is 2.19. The maximum Gasteiger partial charge on any atom is 0.125 e. The molecular weight excluding hydrogens is 248 g/mol. The number of hydrogen-bond donors (Lipinski definition) is 1.